The van der Waals surface area contributed by atoms with Crippen LogP contribution in [0, 0.1) is 17.2 Å². The molecule has 0 fully saturated rings. The number of sulfonamides is 1. The minimum atomic E-state index is -3.33. The average Bonchev–Trinajstić information content (AvgIpc) is 2.96. The maximum absolute atomic E-state index is 11.6. The molecule has 27 heavy (non-hydrogen) atoms. The Morgan fingerprint density at radius 2 is 1.85 bits per heavy atom. The van der Waals surface area contributed by atoms with Crippen molar-refractivity contribution < 1.29 is 8.42 Å². The maximum atomic E-state index is 11.6. The summed E-state index contributed by atoms with van der Waals surface area (Å²) in [5.41, 5.74) is 4.28. The predicted molar refractivity (Wildman–Crippen MR) is 110 cm³/mol. The minimum absolute atomic E-state index is 0.556. The average molecular weight is 382 g/mol. The molecule has 0 spiro atoms. The van der Waals surface area contributed by atoms with Gasteiger partial charge in [-0.05, 0) is 42.2 Å². The zero-order chi connectivity index (χ0) is 19.6. The van der Waals surface area contributed by atoms with E-state index in [1.54, 1.807) is 6.07 Å². The Bertz CT molecular complexity index is 1100. The van der Waals surface area contributed by atoms with E-state index < -0.39 is 10.0 Å². The molecule has 1 aromatic heterocycles. The molecule has 3 rings (SSSR count). The molecule has 0 aliphatic rings. The summed E-state index contributed by atoms with van der Waals surface area (Å²) in [6.07, 6.45) is 4.29. The second-order valence-electron chi connectivity index (χ2n) is 7.21. The first-order valence-corrected chi connectivity index (χ1v) is 10.8. The van der Waals surface area contributed by atoms with Crippen molar-refractivity contribution in [1.29, 1.82) is 5.26 Å². The predicted octanol–water partition coefficient (Wildman–Crippen LogP) is 4.60. The number of hydrogen-bond donors (Lipinski definition) is 1. The summed E-state index contributed by atoms with van der Waals surface area (Å²) in [5.74, 6) is 0.568. The molecule has 0 unspecified atom stereocenters. The maximum Gasteiger partial charge on any atom is 0.229 e. The molecule has 0 saturated carbocycles. The quantitative estimate of drug-likeness (QED) is 0.678. The number of nitrogens with one attached hydrogen (secondary N) is 1. The van der Waals surface area contributed by atoms with Crippen LogP contribution < -0.4 is 4.72 Å². The van der Waals surface area contributed by atoms with Crippen molar-refractivity contribution in [2.45, 2.75) is 26.8 Å². The number of hydrogen-bond acceptors (Lipinski definition) is 3. The number of nitrogens with zero attached hydrogens (tertiary/aromatic N) is 2. The molecule has 5 nitrogen and oxygen atoms in total. The molecule has 0 aliphatic carbocycles. The summed E-state index contributed by atoms with van der Waals surface area (Å²) in [4.78, 5) is 0. The summed E-state index contributed by atoms with van der Waals surface area (Å²) in [7, 11) is -3.33. The minimum Gasteiger partial charge on any atom is -0.347 e. The lowest BCUT2D eigenvalue weighted by molar-refractivity contribution is 0.524. The first kappa shape index (κ1) is 19.0. The summed E-state index contributed by atoms with van der Waals surface area (Å²) < 4.78 is 27.9. The number of aryl methyl sites for hydroxylation is 1. The largest absolute Gasteiger partial charge is 0.347 e. The van der Waals surface area contributed by atoms with Crippen molar-refractivity contribution in [2.24, 2.45) is 5.92 Å². The molecule has 1 heterocycles. The highest BCUT2D eigenvalue weighted by Crippen LogP contribution is 2.33. The van der Waals surface area contributed by atoms with Crippen LogP contribution in [0.3, 0.4) is 0 Å². The van der Waals surface area contributed by atoms with Crippen LogP contribution in [0.2, 0.25) is 0 Å². The molecule has 2 aromatic carbocycles. The van der Waals surface area contributed by atoms with E-state index in [1.807, 2.05) is 36.4 Å². The Morgan fingerprint density at radius 3 is 2.44 bits per heavy atom. The van der Waals surface area contributed by atoms with Crippen LogP contribution in [0.1, 0.15) is 25.8 Å². The van der Waals surface area contributed by atoms with Gasteiger partial charge in [0.15, 0.2) is 0 Å². The van der Waals surface area contributed by atoms with Gasteiger partial charge < -0.3 is 4.57 Å². The van der Waals surface area contributed by atoms with E-state index in [4.69, 9.17) is 5.26 Å². The molecular formula is C21H23N3O2S. The van der Waals surface area contributed by atoms with Gasteiger partial charge in [-0.15, -0.1) is 0 Å². The van der Waals surface area contributed by atoms with Crippen LogP contribution in [0.5, 0.6) is 0 Å². The first-order valence-electron chi connectivity index (χ1n) is 8.88. The van der Waals surface area contributed by atoms with Crippen LogP contribution in [-0.4, -0.2) is 19.2 Å². The van der Waals surface area contributed by atoms with Crippen molar-refractivity contribution in [3.8, 4) is 17.2 Å². The number of anilines is 1. The van der Waals surface area contributed by atoms with E-state index in [2.05, 4.69) is 35.4 Å². The SMILES string of the molecule is CC(C)CCn1cc(-c2ccc(C#N)cc2)c2ccc(NS(C)(=O)=O)cc21. The Balaban J connectivity index is 2.11. The third kappa shape index (κ3) is 4.50. The van der Waals surface area contributed by atoms with E-state index in [-0.39, 0.29) is 0 Å². The van der Waals surface area contributed by atoms with Gasteiger partial charge in [0, 0.05) is 23.7 Å². The molecule has 6 heteroatoms. The molecule has 140 valence electrons. The summed E-state index contributed by atoms with van der Waals surface area (Å²) in [5, 5.41) is 10.1. The number of aromatic nitrogens is 1. The molecule has 3 aromatic rings. The number of rotatable bonds is 6. The van der Waals surface area contributed by atoms with Crippen molar-refractivity contribution in [3.63, 3.8) is 0 Å². The van der Waals surface area contributed by atoms with Crippen molar-refractivity contribution in [2.75, 3.05) is 11.0 Å². The third-order valence-electron chi connectivity index (χ3n) is 4.46. The van der Waals surface area contributed by atoms with Gasteiger partial charge in [0.25, 0.3) is 0 Å². The summed E-state index contributed by atoms with van der Waals surface area (Å²) in [6, 6.07) is 15.3. The zero-order valence-electron chi connectivity index (χ0n) is 15.7. The van der Waals surface area contributed by atoms with Gasteiger partial charge in [-0.1, -0.05) is 32.0 Å². The Labute approximate surface area is 160 Å². The molecular weight excluding hydrogens is 358 g/mol. The highest BCUT2D eigenvalue weighted by atomic mass is 32.2. The first-order chi connectivity index (χ1) is 12.8. The summed E-state index contributed by atoms with van der Waals surface area (Å²) in [6.45, 7) is 5.22. The molecule has 0 radical (unpaired) electrons. The van der Waals surface area contributed by atoms with Crippen molar-refractivity contribution >= 4 is 26.6 Å². The van der Waals surface area contributed by atoms with E-state index in [0.29, 0.717) is 17.2 Å². The molecule has 0 bridgehead atoms. The second-order valence-corrected chi connectivity index (χ2v) is 8.96. The second kappa shape index (κ2) is 7.45. The van der Waals surface area contributed by atoms with E-state index >= 15 is 0 Å². The molecule has 0 aliphatic heterocycles. The molecule has 1 N–H and O–H groups in total. The fraction of sp³-hybridized carbons (Fsp3) is 0.286. The van der Waals surface area contributed by atoms with E-state index in [9.17, 15) is 8.42 Å². The van der Waals surface area contributed by atoms with Gasteiger partial charge in [-0.2, -0.15) is 5.26 Å². The van der Waals surface area contributed by atoms with E-state index in [0.717, 1.165) is 41.3 Å². The fourth-order valence-electron chi connectivity index (χ4n) is 3.11. The van der Waals surface area contributed by atoms with E-state index in [1.165, 1.54) is 0 Å². The van der Waals surface area contributed by atoms with Crippen LogP contribution in [0.25, 0.3) is 22.0 Å². The van der Waals surface area contributed by atoms with Gasteiger partial charge in [0.2, 0.25) is 10.0 Å². The van der Waals surface area contributed by atoms with Crippen LogP contribution in [0.4, 0.5) is 5.69 Å². The van der Waals surface area contributed by atoms with Gasteiger partial charge in [-0.25, -0.2) is 8.42 Å². The fourth-order valence-corrected chi connectivity index (χ4v) is 3.66. The monoisotopic (exact) mass is 381 g/mol. The van der Waals surface area contributed by atoms with Gasteiger partial charge in [-0.3, -0.25) is 4.72 Å². The highest BCUT2D eigenvalue weighted by Gasteiger charge is 2.13. The number of benzene rings is 2. The Morgan fingerprint density at radius 1 is 1.15 bits per heavy atom. The molecule has 0 saturated heterocycles. The number of nitriles is 1. The van der Waals surface area contributed by atoms with Crippen molar-refractivity contribution in [1.82, 2.24) is 4.57 Å². The summed E-state index contributed by atoms with van der Waals surface area (Å²) >= 11 is 0. The lowest BCUT2D eigenvalue weighted by Crippen LogP contribution is -2.09. The smallest absolute Gasteiger partial charge is 0.229 e. The topological polar surface area (TPSA) is 74.9 Å². The third-order valence-corrected chi connectivity index (χ3v) is 5.06. The molecule has 0 amide bonds. The molecule has 0 atom stereocenters. The normalized spacial score (nSPS) is 11.7. The zero-order valence-corrected chi connectivity index (χ0v) is 16.5. The van der Waals surface area contributed by atoms with Gasteiger partial charge in [0.05, 0.1) is 29.1 Å². The van der Waals surface area contributed by atoms with Crippen LogP contribution in [-0.2, 0) is 16.6 Å². The van der Waals surface area contributed by atoms with Crippen LogP contribution in [0.15, 0.2) is 48.7 Å². The van der Waals surface area contributed by atoms with Crippen LogP contribution >= 0.6 is 0 Å². The lowest BCUT2D eigenvalue weighted by atomic mass is 10.0. The lowest BCUT2D eigenvalue weighted by Gasteiger charge is -2.09. The standard InChI is InChI=1S/C21H23N3O2S/c1-15(2)10-11-24-14-20(17-6-4-16(13-22)5-7-17)19-9-8-18(12-21(19)24)23-27(3,25)26/h4-9,12,14-15,23H,10-11H2,1-3H3. The highest BCUT2D eigenvalue weighted by molar-refractivity contribution is 7.92. The van der Waals surface area contributed by atoms with Gasteiger partial charge >= 0.3 is 0 Å². The Kier molecular flexibility index (Phi) is 5.24. The van der Waals surface area contributed by atoms with Gasteiger partial charge in [0.1, 0.15) is 0 Å². The van der Waals surface area contributed by atoms with Crippen molar-refractivity contribution in [3.05, 3.63) is 54.2 Å². The number of fused-ring (bicyclic) bond motifs is 1. The Hall–Kier alpha value is -2.78.